The molecular weight excluding hydrogens is 406 g/mol. The van der Waals surface area contributed by atoms with E-state index in [9.17, 15) is 0 Å². The van der Waals surface area contributed by atoms with E-state index in [1.807, 2.05) is 30.8 Å². The SMILES string of the molecule is Cn1cncc1-c1ccc2nc(Cl)nc(NC3CCN(c4nnnn4C)CC3)c2n1. The number of pyridine rings is 1. The summed E-state index contributed by atoms with van der Waals surface area (Å²) in [6.45, 7) is 1.69. The first-order valence-corrected chi connectivity index (χ1v) is 10.0. The molecule has 1 saturated heterocycles. The van der Waals surface area contributed by atoms with Crippen LogP contribution in [0.4, 0.5) is 11.8 Å². The van der Waals surface area contributed by atoms with Crippen LogP contribution in [0.25, 0.3) is 22.4 Å². The minimum atomic E-state index is 0.197. The van der Waals surface area contributed by atoms with Crippen molar-refractivity contribution in [1.29, 1.82) is 0 Å². The van der Waals surface area contributed by atoms with E-state index in [-0.39, 0.29) is 11.3 Å². The van der Waals surface area contributed by atoms with Crippen LogP contribution in [-0.2, 0) is 14.1 Å². The summed E-state index contributed by atoms with van der Waals surface area (Å²) in [5.74, 6) is 1.43. The van der Waals surface area contributed by atoms with Gasteiger partial charge in [0.1, 0.15) is 5.52 Å². The third kappa shape index (κ3) is 3.41. The van der Waals surface area contributed by atoms with Crippen LogP contribution in [-0.4, -0.2) is 63.8 Å². The minimum Gasteiger partial charge on any atom is -0.365 e. The Balaban J connectivity index is 1.40. The summed E-state index contributed by atoms with van der Waals surface area (Å²) in [4.78, 5) is 19.9. The predicted molar refractivity (Wildman–Crippen MR) is 112 cm³/mol. The zero-order chi connectivity index (χ0) is 20.7. The van der Waals surface area contributed by atoms with Gasteiger partial charge < -0.3 is 14.8 Å². The molecule has 154 valence electrons. The number of piperidine rings is 1. The molecule has 1 aliphatic heterocycles. The first-order valence-electron chi connectivity index (χ1n) is 9.63. The van der Waals surface area contributed by atoms with Crippen molar-refractivity contribution >= 4 is 34.4 Å². The second kappa shape index (κ2) is 7.48. The number of aryl methyl sites for hydroxylation is 2. The largest absolute Gasteiger partial charge is 0.365 e. The number of rotatable bonds is 4. The molecule has 12 heteroatoms. The Labute approximate surface area is 177 Å². The molecule has 30 heavy (non-hydrogen) atoms. The van der Waals surface area contributed by atoms with Crippen LogP contribution in [0.5, 0.6) is 0 Å². The molecule has 0 atom stereocenters. The number of fused-ring (bicyclic) bond motifs is 1. The van der Waals surface area contributed by atoms with E-state index in [1.165, 1.54) is 0 Å². The maximum absolute atomic E-state index is 6.18. The zero-order valence-electron chi connectivity index (χ0n) is 16.6. The number of nitrogens with one attached hydrogen (secondary N) is 1. The molecule has 0 saturated carbocycles. The van der Waals surface area contributed by atoms with Crippen LogP contribution < -0.4 is 10.2 Å². The maximum atomic E-state index is 6.18. The molecule has 1 N–H and O–H groups in total. The van der Waals surface area contributed by atoms with Gasteiger partial charge in [-0.2, -0.15) is 4.98 Å². The Bertz CT molecular complexity index is 1190. The molecule has 5 heterocycles. The number of imidazole rings is 1. The van der Waals surface area contributed by atoms with E-state index in [4.69, 9.17) is 16.6 Å². The van der Waals surface area contributed by atoms with Crippen LogP contribution >= 0.6 is 11.6 Å². The van der Waals surface area contributed by atoms with E-state index in [2.05, 4.69) is 40.7 Å². The van der Waals surface area contributed by atoms with Crippen molar-refractivity contribution in [3.63, 3.8) is 0 Å². The number of nitrogens with zero attached hydrogens (tertiary/aromatic N) is 10. The first kappa shape index (κ1) is 18.7. The van der Waals surface area contributed by atoms with Gasteiger partial charge in [0.2, 0.25) is 11.2 Å². The lowest BCUT2D eigenvalue weighted by Gasteiger charge is -2.32. The smallest absolute Gasteiger partial charge is 0.245 e. The quantitative estimate of drug-likeness (QED) is 0.487. The average Bonchev–Trinajstić information content (AvgIpc) is 3.36. The highest BCUT2D eigenvalue weighted by atomic mass is 35.5. The highest BCUT2D eigenvalue weighted by Crippen LogP contribution is 2.27. The van der Waals surface area contributed by atoms with E-state index in [0.29, 0.717) is 16.9 Å². The zero-order valence-corrected chi connectivity index (χ0v) is 17.3. The summed E-state index contributed by atoms with van der Waals surface area (Å²) in [5.41, 5.74) is 3.12. The van der Waals surface area contributed by atoms with Gasteiger partial charge in [0.05, 0.1) is 29.4 Å². The van der Waals surface area contributed by atoms with Crippen LogP contribution in [0.3, 0.4) is 0 Å². The third-order valence-electron chi connectivity index (χ3n) is 5.31. The van der Waals surface area contributed by atoms with Crippen molar-refractivity contribution < 1.29 is 0 Å². The molecule has 0 bridgehead atoms. The van der Waals surface area contributed by atoms with Crippen LogP contribution in [0.15, 0.2) is 24.7 Å². The van der Waals surface area contributed by atoms with Gasteiger partial charge in [-0.05, 0) is 47.0 Å². The van der Waals surface area contributed by atoms with E-state index in [1.54, 1.807) is 17.2 Å². The average molecular weight is 426 g/mol. The van der Waals surface area contributed by atoms with Gasteiger partial charge >= 0.3 is 0 Å². The Morgan fingerprint density at radius 1 is 1.10 bits per heavy atom. The molecule has 4 aromatic rings. The Kier molecular flexibility index (Phi) is 4.66. The Hall–Kier alpha value is -3.34. The summed E-state index contributed by atoms with van der Waals surface area (Å²) in [6.07, 6.45) is 5.36. The van der Waals surface area contributed by atoms with Crippen molar-refractivity contribution in [3.8, 4) is 11.4 Å². The lowest BCUT2D eigenvalue weighted by Crippen LogP contribution is -2.40. The van der Waals surface area contributed by atoms with Crippen molar-refractivity contribution in [2.75, 3.05) is 23.3 Å². The predicted octanol–water partition coefficient (Wildman–Crippen LogP) is 1.68. The lowest BCUT2D eigenvalue weighted by molar-refractivity contribution is 0.512. The van der Waals surface area contributed by atoms with Crippen LogP contribution in [0, 0.1) is 0 Å². The molecule has 1 fully saturated rings. The number of anilines is 2. The summed E-state index contributed by atoms with van der Waals surface area (Å²) in [7, 11) is 3.78. The van der Waals surface area contributed by atoms with Gasteiger partial charge in [0, 0.05) is 33.2 Å². The summed E-state index contributed by atoms with van der Waals surface area (Å²) in [5, 5.41) is 15.5. The minimum absolute atomic E-state index is 0.197. The number of hydrogen-bond donors (Lipinski definition) is 1. The fourth-order valence-corrected chi connectivity index (χ4v) is 3.92. The molecule has 0 spiro atoms. The van der Waals surface area contributed by atoms with Crippen molar-refractivity contribution in [2.45, 2.75) is 18.9 Å². The fourth-order valence-electron chi connectivity index (χ4n) is 3.74. The summed E-state index contributed by atoms with van der Waals surface area (Å²) < 4.78 is 3.62. The topological polar surface area (TPSA) is 115 Å². The van der Waals surface area contributed by atoms with E-state index in [0.717, 1.165) is 43.3 Å². The van der Waals surface area contributed by atoms with Crippen molar-refractivity contribution in [1.82, 2.24) is 44.7 Å². The summed E-state index contributed by atoms with van der Waals surface area (Å²) >= 11 is 6.18. The van der Waals surface area contributed by atoms with Crippen molar-refractivity contribution in [2.24, 2.45) is 14.1 Å². The highest BCUT2D eigenvalue weighted by Gasteiger charge is 2.24. The van der Waals surface area contributed by atoms with Gasteiger partial charge in [-0.25, -0.2) is 19.6 Å². The van der Waals surface area contributed by atoms with Gasteiger partial charge in [-0.1, -0.05) is 5.10 Å². The van der Waals surface area contributed by atoms with Crippen LogP contribution in [0.1, 0.15) is 12.8 Å². The van der Waals surface area contributed by atoms with Crippen molar-refractivity contribution in [3.05, 3.63) is 29.9 Å². The van der Waals surface area contributed by atoms with Gasteiger partial charge in [-0.3, -0.25) is 0 Å². The molecule has 0 aliphatic carbocycles. The molecule has 0 amide bonds. The monoisotopic (exact) mass is 425 g/mol. The highest BCUT2D eigenvalue weighted by molar-refractivity contribution is 6.28. The molecule has 11 nitrogen and oxygen atoms in total. The van der Waals surface area contributed by atoms with Crippen LogP contribution in [0.2, 0.25) is 5.28 Å². The second-order valence-corrected chi connectivity index (χ2v) is 7.64. The molecule has 0 unspecified atom stereocenters. The van der Waals surface area contributed by atoms with Gasteiger partial charge in [0.15, 0.2) is 5.82 Å². The Morgan fingerprint density at radius 2 is 1.93 bits per heavy atom. The fraction of sp³-hybridized carbons (Fsp3) is 0.389. The molecule has 1 aliphatic rings. The van der Waals surface area contributed by atoms with E-state index < -0.39 is 0 Å². The summed E-state index contributed by atoms with van der Waals surface area (Å²) in [6, 6.07) is 4.06. The number of halogens is 1. The standard InChI is InChI=1S/C18H20ClN11/c1-28-10-20-9-14(28)12-3-4-13-15(22-12)16(24-17(19)23-13)21-11-5-7-30(8-6-11)18-25-26-27-29(18)2/h3-4,9-11H,5-8H2,1-2H3,(H,21,23,24). The first-order chi connectivity index (χ1) is 14.6. The number of aromatic nitrogens is 9. The molecule has 0 radical (unpaired) electrons. The molecule has 4 aromatic heterocycles. The van der Waals surface area contributed by atoms with Gasteiger partial charge in [-0.15, -0.1) is 0 Å². The lowest BCUT2D eigenvalue weighted by atomic mass is 10.1. The normalized spacial score (nSPS) is 15.1. The molecule has 0 aromatic carbocycles. The third-order valence-corrected chi connectivity index (χ3v) is 5.48. The van der Waals surface area contributed by atoms with Gasteiger partial charge in [0.25, 0.3) is 0 Å². The Morgan fingerprint density at radius 3 is 2.63 bits per heavy atom. The number of tetrazole rings is 1. The van der Waals surface area contributed by atoms with E-state index >= 15 is 0 Å². The second-order valence-electron chi connectivity index (χ2n) is 7.30. The molecule has 5 rings (SSSR count). The number of hydrogen-bond acceptors (Lipinski definition) is 9. The maximum Gasteiger partial charge on any atom is 0.245 e. The molecular formula is C18H20ClN11.